The monoisotopic (exact) mass is 284 g/mol. The van der Waals surface area contributed by atoms with Gasteiger partial charge in [-0.2, -0.15) is 11.8 Å². The summed E-state index contributed by atoms with van der Waals surface area (Å²) in [5.74, 6) is 4.11. The van der Waals surface area contributed by atoms with Crippen LogP contribution in [-0.2, 0) is 11.3 Å². The summed E-state index contributed by atoms with van der Waals surface area (Å²) in [5.41, 5.74) is 0. The molecule has 0 spiro atoms. The maximum atomic E-state index is 5.35. The zero-order valence-corrected chi connectivity index (χ0v) is 13.0. The summed E-state index contributed by atoms with van der Waals surface area (Å²) >= 11 is 1.86. The summed E-state index contributed by atoms with van der Waals surface area (Å²) in [6.45, 7) is 6.22. The molecular formula is C13H24N4OS. The van der Waals surface area contributed by atoms with Gasteiger partial charge in [-0.05, 0) is 24.9 Å². The zero-order valence-electron chi connectivity index (χ0n) is 12.2. The van der Waals surface area contributed by atoms with E-state index in [9.17, 15) is 0 Å². The number of anilines is 2. The second kappa shape index (κ2) is 8.98. The lowest BCUT2D eigenvalue weighted by Gasteiger charge is -2.13. The van der Waals surface area contributed by atoms with Crippen molar-refractivity contribution in [2.24, 2.45) is 5.92 Å². The first kappa shape index (κ1) is 16.0. The van der Waals surface area contributed by atoms with Crippen molar-refractivity contribution in [3.63, 3.8) is 0 Å². The average molecular weight is 284 g/mol. The van der Waals surface area contributed by atoms with Gasteiger partial charge in [-0.15, -0.1) is 0 Å². The van der Waals surface area contributed by atoms with Crippen LogP contribution in [0, 0.1) is 5.92 Å². The van der Waals surface area contributed by atoms with E-state index in [1.165, 1.54) is 0 Å². The third-order valence-corrected chi connectivity index (χ3v) is 3.45. The van der Waals surface area contributed by atoms with Gasteiger partial charge in [0.2, 0.25) is 0 Å². The largest absolute Gasteiger partial charge is 0.374 e. The minimum Gasteiger partial charge on any atom is -0.374 e. The maximum Gasteiger partial charge on any atom is 0.158 e. The predicted molar refractivity (Wildman–Crippen MR) is 82.9 cm³/mol. The van der Waals surface area contributed by atoms with E-state index in [0.29, 0.717) is 25.0 Å². The molecule has 1 heterocycles. The number of aromatic nitrogens is 2. The van der Waals surface area contributed by atoms with Crippen molar-refractivity contribution in [2.75, 3.05) is 42.8 Å². The third-order valence-electron chi connectivity index (χ3n) is 2.55. The zero-order chi connectivity index (χ0) is 14.1. The van der Waals surface area contributed by atoms with E-state index < -0.39 is 0 Å². The van der Waals surface area contributed by atoms with Crippen LogP contribution in [0.5, 0.6) is 0 Å². The Morgan fingerprint density at radius 1 is 1.37 bits per heavy atom. The Labute approximate surface area is 119 Å². The van der Waals surface area contributed by atoms with Crippen molar-refractivity contribution in [3.05, 3.63) is 11.9 Å². The van der Waals surface area contributed by atoms with E-state index in [-0.39, 0.29) is 0 Å². The highest BCUT2D eigenvalue weighted by Crippen LogP contribution is 2.13. The lowest BCUT2D eigenvalue weighted by Crippen LogP contribution is -2.15. The second-order valence-corrected chi connectivity index (χ2v) is 5.29. The Morgan fingerprint density at radius 3 is 2.74 bits per heavy atom. The molecule has 1 aromatic rings. The third kappa shape index (κ3) is 6.11. The van der Waals surface area contributed by atoms with E-state index in [1.54, 1.807) is 0 Å². The molecule has 1 atom stereocenters. The van der Waals surface area contributed by atoms with Crippen LogP contribution in [0.3, 0.4) is 0 Å². The van der Waals surface area contributed by atoms with Gasteiger partial charge in [0.05, 0.1) is 0 Å². The SMILES string of the molecule is CCOCc1nc(NC)cc(NCC(C)CSC)n1. The topological polar surface area (TPSA) is 59.1 Å². The second-order valence-electron chi connectivity index (χ2n) is 4.38. The van der Waals surface area contributed by atoms with E-state index in [4.69, 9.17) is 4.74 Å². The van der Waals surface area contributed by atoms with E-state index >= 15 is 0 Å². The van der Waals surface area contributed by atoms with E-state index in [2.05, 4.69) is 33.8 Å². The van der Waals surface area contributed by atoms with Crippen LogP contribution in [0.4, 0.5) is 11.6 Å². The standard InChI is InChI=1S/C13H24N4OS/c1-5-18-8-13-16-11(14-3)6-12(17-13)15-7-10(2)9-19-4/h6,10H,5,7-9H2,1-4H3,(H2,14,15,16,17). The molecule has 5 nitrogen and oxygen atoms in total. The molecule has 1 rings (SSSR count). The first-order valence-electron chi connectivity index (χ1n) is 6.55. The molecular weight excluding hydrogens is 260 g/mol. The molecule has 1 unspecified atom stereocenters. The van der Waals surface area contributed by atoms with Crippen molar-refractivity contribution in [1.29, 1.82) is 0 Å². The van der Waals surface area contributed by atoms with Gasteiger partial charge in [0.25, 0.3) is 0 Å². The van der Waals surface area contributed by atoms with E-state index in [0.717, 1.165) is 23.9 Å². The van der Waals surface area contributed by atoms with Gasteiger partial charge in [0.1, 0.15) is 18.2 Å². The van der Waals surface area contributed by atoms with Gasteiger partial charge in [0, 0.05) is 26.3 Å². The molecule has 6 heteroatoms. The van der Waals surface area contributed by atoms with Gasteiger partial charge in [-0.3, -0.25) is 0 Å². The summed E-state index contributed by atoms with van der Waals surface area (Å²) in [6.07, 6.45) is 2.13. The minimum absolute atomic E-state index is 0.446. The Balaban J connectivity index is 2.65. The minimum atomic E-state index is 0.446. The molecule has 0 aliphatic carbocycles. The van der Waals surface area contributed by atoms with Crippen LogP contribution < -0.4 is 10.6 Å². The smallest absolute Gasteiger partial charge is 0.158 e. The number of rotatable bonds is 9. The molecule has 0 bridgehead atoms. The molecule has 0 saturated heterocycles. The lowest BCUT2D eigenvalue weighted by molar-refractivity contribution is 0.128. The van der Waals surface area contributed by atoms with Gasteiger partial charge in [0.15, 0.2) is 5.82 Å². The van der Waals surface area contributed by atoms with Crippen LogP contribution in [-0.4, -0.2) is 42.2 Å². The fourth-order valence-electron chi connectivity index (χ4n) is 1.60. The highest BCUT2D eigenvalue weighted by Gasteiger charge is 2.06. The Hall–Kier alpha value is -1.01. The molecule has 0 amide bonds. The van der Waals surface area contributed by atoms with Crippen LogP contribution in [0.1, 0.15) is 19.7 Å². The molecule has 0 aromatic carbocycles. The quantitative estimate of drug-likeness (QED) is 0.726. The molecule has 0 radical (unpaired) electrons. The van der Waals surface area contributed by atoms with Crippen molar-refractivity contribution in [1.82, 2.24) is 9.97 Å². The van der Waals surface area contributed by atoms with Crippen molar-refractivity contribution < 1.29 is 4.74 Å². The highest BCUT2D eigenvalue weighted by atomic mass is 32.2. The molecule has 108 valence electrons. The molecule has 0 fully saturated rings. The fourth-order valence-corrected chi connectivity index (χ4v) is 2.28. The summed E-state index contributed by atoms with van der Waals surface area (Å²) in [4.78, 5) is 8.82. The first-order chi connectivity index (χ1) is 9.19. The number of hydrogen-bond acceptors (Lipinski definition) is 6. The van der Waals surface area contributed by atoms with Crippen molar-refractivity contribution in [3.8, 4) is 0 Å². The summed E-state index contributed by atoms with van der Waals surface area (Å²) in [6, 6.07) is 1.92. The number of hydrogen-bond donors (Lipinski definition) is 2. The Bertz CT molecular complexity index is 376. The number of nitrogens with zero attached hydrogens (tertiary/aromatic N) is 2. The van der Waals surface area contributed by atoms with Crippen LogP contribution in [0.15, 0.2) is 6.07 Å². The maximum absolute atomic E-state index is 5.35. The molecule has 2 N–H and O–H groups in total. The van der Waals surface area contributed by atoms with Crippen molar-refractivity contribution in [2.45, 2.75) is 20.5 Å². The van der Waals surface area contributed by atoms with Gasteiger partial charge >= 0.3 is 0 Å². The molecule has 1 aromatic heterocycles. The number of thioether (sulfide) groups is 1. The van der Waals surface area contributed by atoms with Crippen molar-refractivity contribution >= 4 is 23.4 Å². The normalized spacial score (nSPS) is 12.2. The van der Waals surface area contributed by atoms with Gasteiger partial charge in [-0.1, -0.05) is 6.92 Å². The molecule has 0 aliphatic rings. The Morgan fingerprint density at radius 2 is 2.11 bits per heavy atom. The number of ether oxygens (including phenoxy) is 1. The highest BCUT2D eigenvalue weighted by molar-refractivity contribution is 7.98. The predicted octanol–water partition coefficient (Wildman–Crippen LogP) is 2.47. The first-order valence-corrected chi connectivity index (χ1v) is 7.95. The molecule has 0 saturated carbocycles. The molecule has 19 heavy (non-hydrogen) atoms. The van der Waals surface area contributed by atoms with Gasteiger partial charge in [-0.25, -0.2) is 9.97 Å². The molecule has 0 aliphatic heterocycles. The summed E-state index contributed by atoms with van der Waals surface area (Å²) < 4.78 is 5.35. The van der Waals surface area contributed by atoms with Crippen LogP contribution in [0.2, 0.25) is 0 Å². The Kier molecular flexibility index (Phi) is 7.59. The summed E-state index contributed by atoms with van der Waals surface area (Å²) in [5, 5.41) is 6.41. The average Bonchev–Trinajstić information content (AvgIpc) is 2.43. The van der Waals surface area contributed by atoms with Gasteiger partial charge < -0.3 is 15.4 Å². The van der Waals surface area contributed by atoms with Crippen LogP contribution >= 0.6 is 11.8 Å². The van der Waals surface area contributed by atoms with Crippen LogP contribution in [0.25, 0.3) is 0 Å². The lowest BCUT2D eigenvalue weighted by atomic mass is 10.2. The summed E-state index contributed by atoms with van der Waals surface area (Å²) in [7, 11) is 1.85. The van der Waals surface area contributed by atoms with E-state index in [1.807, 2.05) is 31.8 Å². The number of nitrogens with one attached hydrogen (secondary N) is 2. The fraction of sp³-hybridized carbons (Fsp3) is 0.692.